The van der Waals surface area contributed by atoms with Crippen LogP contribution >= 0.6 is 0 Å². The van der Waals surface area contributed by atoms with Gasteiger partial charge in [0.1, 0.15) is 0 Å². The van der Waals surface area contributed by atoms with Gasteiger partial charge in [0.2, 0.25) is 0 Å². The molecule has 1 heterocycles. The van der Waals surface area contributed by atoms with Crippen molar-refractivity contribution in [3.05, 3.63) is 47.8 Å². The van der Waals surface area contributed by atoms with E-state index in [9.17, 15) is 4.79 Å². The molecule has 1 amide bonds. The van der Waals surface area contributed by atoms with Crippen molar-refractivity contribution in [1.82, 2.24) is 4.98 Å². The van der Waals surface area contributed by atoms with E-state index in [4.69, 9.17) is 5.73 Å². The third-order valence-corrected chi connectivity index (χ3v) is 3.05. The molecule has 0 atom stereocenters. The fourth-order valence-corrected chi connectivity index (χ4v) is 1.96. The maximum Gasteiger partial charge on any atom is 0.259 e. The molecule has 20 heavy (non-hydrogen) atoms. The number of carbonyl (C=O) groups is 1. The van der Waals surface area contributed by atoms with Crippen LogP contribution in [0, 0.1) is 6.92 Å². The Morgan fingerprint density at radius 2 is 2.05 bits per heavy atom. The molecule has 104 valence electrons. The Bertz CT molecular complexity index is 638. The van der Waals surface area contributed by atoms with Crippen LogP contribution in [-0.2, 0) is 0 Å². The Kier molecular flexibility index (Phi) is 3.89. The quantitative estimate of drug-likeness (QED) is 0.897. The van der Waals surface area contributed by atoms with Crippen LogP contribution in [0.4, 0.5) is 17.1 Å². The first-order chi connectivity index (χ1) is 9.49. The molecule has 5 nitrogen and oxygen atoms in total. The molecule has 1 aromatic heterocycles. The lowest BCUT2D eigenvalue weighted by molar-refractivity contribution is 0.102. The predicted molar refractivity (Wildman–Crippen MR) is 82.1 cm³/mol. The van der Waals surface area contributed by atoms with Gasteiger partial charge in [0.25, 0.3) is 5.91 Å². The third kappa shape index (κ3) is 2.88. The number of carbonyl (C=O) groups excluding carboxylic acids is 1. The van der Waals surface area contributed by atoms with Crippen LogP contribution in [0.25, 0.3) is 0 Å². The van der Waals surface area contributed by atoms with Gasteiger partial charge in [-0.25, -0.2) is 0 Å². The van der Waals surface area contributed by atoms with Gasteiger partial charge >= 0.3 is 0 Å². The van der Waals surface area contributed by atoms with Crippen LogP contribution < -0.4 is 16.0 Å². The van der Waals surface area contributed by atoms with Crippen LogP contribution in [0.5, 0.6) is 0 Å². The average Bonchev–Trinajstić information content (AvgIpc) is 2.41. The first-order valence-corrected chi connectivity index (χ1v) is 6.28. The number of aryl methyl sites for hydroxylation is 1. The molecular weight excluding hydrogens is 252 g/mol. The van der Waals surface area contributed by atoms with Crippen LogP contribution in [0.2, 0.25) is 0 Å². The van der Waals surface area contributed by atoms with Gasteiger partial charge < -0.3 is 16.0 Å². The number of pyridine rings is 1. The highest BCUT2D eigenvalue weighted by atomic mass is 16.1. The molecular formula is C15H18N4O. The fraction of sp³-hybridized carbons (Fsp3) is 0.200. The summed E-state index contributed by atoms with van der Waals surface area (Å²) in [6, 6.07) is 7.37. The van der Waals surface area contributed by atoms with E-state index in [0.717, 1.165) is 16.9 Å². The van der Waals surface area contributed by atoms with E-state index in [1.165, 1.54) is 6.20 Å². The molecule has 0 spiro atoms. The molecule has 5 heteroatoms. The summed E-state index contributed by atoms with van der Waals surface area (Å²) < 4.78 is 0. The number of nitrogens with one attached hydrogen (secondary N) is 1. The van der Waals surface area contributed by atoms with Gasteiger partial charge in [-0.1, -0.05) is 6.07 Å². The Hall–Kier alpha value is -2.56. The summed E-state index contributed by atoms with van der Waals surface area (Å²) in [6.45, 7) is 2.03. The van der Waals surface area contributed by atoms with Crippen LogP contribution in [0.3, 0.4) is 0 Å². The number of nitrogen functional groups attached to an aromatic ring is 1. The van der Waals surface area contributed by atoms with E-state index in [1.807, 2.05) is 44.1 Å². The van der Waals surface area contributed by atoms with Crippen molar-refractivity contribution < 1.29 is 4.79 Å². The van der Waals surface area contributed by atoms with Crippen molar-refractivity contribution in [2.45, 2.75) is 6.92 Å². The van der Waals surface area contributed by atoms with Crippen molar-refractivity contribution in [1.29, 1.82) is 0 Å². The number of hydrogen-bond acceptors (Lipinski definition) is 4. The zero-order chi connectivity index (χ0) is 14.7. The summed E-state index contributed by atoms with van der Waals surface area (Å²) in [5, 5.41) is 2.84. The summed E-state index contributed by atoms with van der Waals surface area (Å²) in [6.07, 6.45) is 3.02. The van der Waals surface area contributed by atoms with E-state index >= 15 is 0 Å². The van der Waals surface area contributed by atoms with E-state index < -0.39 is 0 Å². The van der Waals surface area contributed by atoms with Crippen molar-refractivity contribution in [3.63, 3.8) is 0 Å². The summed E-state index contributed by atoms with van der Waals surface area (Å²) >= 11 is 0. The number of hydrogen-bond donors (Lipinski definition) is 2. The topological polar surface area (TPSA) is 71.2 Å². The maximum atomic E-state index is 12.2. The number of nitrogens with zero attached hydrogens (tertiary/aromatic N) is 2. The van der Waals surface area contributed by atoms with E-state index in [-0.39, 0.29) is 5.91 Å². The Morgan fingerprint density at radius 3 is 2.70 bits per heavy atom. The SMILES string of the molecule is Cc1ccc(NC(=O)c2cnccc2N)cc1N(C)C. The van der Waals surface area contributed by atoms with E-state index in [1.54, 1.807) is 12.3 Å². The first-order valence-electron chi connectivity index (χ1n) is 6.28. The Morgan fingerprint density at radius 1 is 1.30 bits per heavy atom. The van der Waals surface area contributed by atoms with Gasteiger partial charge in [0, 0.05) is 43.6 Å². The van der Waals surface area contributed by atoms with Crippen molar-refractivity contribution in [2.24, 2.45) is 0 Å². The van der Waals surface area contributed by atoms with Crippen molar-refractivity contribution in [2.75, 3.05) is 30.0 Å². The second kappa shape index (κ2) is 5.61. The highest BCUT2D eigenvalue weighted by Crippen LogP contribution is 2.23. The summed E-state index contributed by atoms with van der Waals surface area (Å²) in [5.74, 6) is -0.260. The summed E-state index contributed by atoms with van der Waals surface area (Å²) in [7, 11) is 3.93. The molecule has 0 aliphatic heterocycles. The lowest BCUT2D eigenvalue weighted by atomic mass is 10.1. The molecule has 2 rings (SSSR count). The molecule has 0 bridgehead atoms. The third-order valence-electron chi connectivity index (χ3n) is 3.05. The minimum atomic E-state index is -0.260. The molecule has 0 saturated carbocycles. The van der Waals surface area contributed by atoms with Gasteiger partial charge in [-0.3, -0.25) is 9.78 Å². The van der Waals surface area contributed by atoms with Gasteiger partial charge in [-0.05, 0) is 30.7 Å². The predicted octanol–water partition coefficient (Wildman–Crippen LogP) is 2.29. The smallest absolute Gasteiger partial charge is 0.259 e. The number of anilines is 3. The second-order valence-electron chi connectivity index (χ2n) is 4.81. The molecule has 2 aromatic rings. The molecule has 0 aliphatic rings. The maximum absolute atomic E-state index is 12.2. The van der Waals surface area contributed by atoms with Crippen molar-refractivity contribution >= 4 is 23.0 Å². The fourth-order valence-electron chi connectivity index (χ4n) is 1.96. The number of rotatable bonds is 3. The van der Waals surface area contributed by atoms with Gasteiger partial charge in [-0.2, -0.15) is 0 Å². The molecule has 1 aromatic carbocycles. The van der Waals surface area contributed by atoms with E-state index in [0.29, 0.717) is 11.3 Å². The number of amides is 1. The van der Waals surface area contributed by atoms with Crippen molar-refractivity contribution in [3.8, 4) is 0 Å². The van der Waals surface area contributed by atoms with Gasteiger partial charge in [0.15, 0.2) is 0 Å². The molecule has 3 N–H and O–H groups in total. The lowest BCUT2D eigenvalue weighted by Crippen LogP contribution is -2.15. The summed E-state index contributed by atoms with van der Waals surface area (Å²) in [5.41, 5.74) is 9.49. The zero-order valence-corrected chi connectivity index (χ0v) is 11.8. The normalized spacial score (nSPS) is 10.2. The number of aromatic nitrogens is 1. The van der Waals surface area contributed by atoms with Crippen LogP contribution in [0.15, 0.2) is 36.7 Å². The lowest BCUT2D eigenvalue weighted by Gasteiger charge is -2.17. The van der Waals surface area contributed by atoms with Crippen LogP contribution in [0.1, 0.15) is 15.9 Å². The standard InChI is InChI=1S/C15H18N4O/c1-10-4-5-11(8-14(10)19(2)3)18-15(20)12-9-17-7-6-13(12)16/h4-9H,1-3H3,(H2,16,17)(H,18,20). The molecule has 0 aliphatic carbocycles. The highest BCUT2D eigenvalue weighted by Gasteiger charge is 2.11. The second-order valence-corrected chi connectivity index (χ2v) is 4.81. The largest absolute Gasteiger partial charge is 0.398 e. The summed E-state index contributed by atoms with van der Waals surface area (Å²) in [4.78, 5) is 18.1. The molecule has 0 unspecified atom stereocenters. The molecule has 0 radical (unpaired) electrons. The zero-order valence-electron chi connectivity index (χ0n) is 11.8. The first kappa shape index (κ1) is 13.9. The number of nitrogens with two attached hydrogens (primary N) is 1. The minimum Gasteiger partial charge on any atom is -0.398 e. The van der Waals surface area contributed by atoms with E-state index in [2.05, 4.69) is 10.3 Å². The Balaban J connectivity index is 2.25. The number of benzene rings is 1. The van der Waals surface area contributed by atoms with Gasteiger partial charge in [-0.15, -0.1) is 0 Å². The monoisotopic (exact) mass is 270 g/mol. The minimum absolute atomic E-state index is 0.260. The highest BCUT2D eigenvalue weighted by molar-refractivity contribution is 6.07. The molecule has 0 saturated heterocycles. The Labute approximate surface area is 118 Å². The van der Waals surface area contributed by atoms with Crippen LogP contribution in [-0.4, -0.2) is 25.0 Å². The average molecular weight is 270 g/mol. The van der Waals surface area contributed by atoms with Gasteiger partial charge in [0.05, 0.1) is 5.56 Å². The molecule has 0 fully saturated rings.